The van der Waals surface area contributed by atoms with Gasteiger partial charge >= 0.3 is 0 Å². The Morgan fingerprint density at radius 1 is 0.875 bits per heavy atom. The van der Waals surface area contributed by atoms with Crippen molar-refractivity contribution in [2.24, 2.45) is 0 Å². The summed E-state index contributed by atoms with van der Waals surface area (Å²) in [6.45, 7) is 2.27. The second-order valence-electron chi connectivity index (χ2n) is 7.65. The first-order valence-corrected chi connectivity index (χ1v) is 12.7. The van der Waals surface area contributed by atoms with Crippen molar-refractivity contribution in [1.29, 1.82) is 0 Å². The van der Waals surface area contributed by atoms with Crippen molar-refractivity contribution in [3.63, 3.8) is 0 Å². The summed E-state index contributed by atoms with van der Waals surface area (Å²) in [4.78, 5) is 9.18. The van der Waals surface area contributed by atoms with Crippen molar-refractivity contribution in [3.05, 3.63) is 102 Å². The Kier molecular flexibility index (Phi) is 5.45. The molecule has 4 aromatic rings. The normalized spacial score (nSPS) is 14.0. The zero-order chi connectivity index (χ0) is 22.1. The molecule has 0 unspecified atom stereocenters. The van der Waals surface area contributed by atoms with Crippen molar-refractivity contribution in [3.8, 4) is 11.3 Å². The quantitative estimate of drug-likeness (QED) is 0.293. The van der Waals surface area contributed by atoms with Crippen LogP contribution in [0.25, 0.3) is 11.3 Å². The molecule has 0 atom stereocenters. The minimum absolute atomic E-state index is 0.146. The largest absolute Gasteiger partial charge is 0.268 e. The second kappa shape index (κ2) is 8.41. The van der Waals surface area contributed by atoms with E-state index in [0.29, 0.717) is 22.3 Å². The Balaban J connectivity index is 1.52. The summed E-state index contributed by atoms with van der Waals surface area (Å²) in [7, 11) is -3.79. The maximum absolute atomic E-state index is 13.6. The molecule has 1 aromatic heterocycles. The molecule has 0 amide bonds. The van der Waals surface area contributed by atoms with Crippen LogP contribution >= 0.6 is 11.8 Å². The van der Waals surface area contributed by atoms with Crippen LogP contribution in [0.2, 0.25) is 0 Å². The van der Waals surface area contributed by atoms with E-state index < -0.39 is 10.0 Å². The molecule has 0 spiro atoms. The lowest BCUT2D eigenvalue weighted by molar-refractivity contribution is 0.588. The highest BCUT2D eigenvalue weighted by Gasteiger charge is 2.36. The first kappa shape index (κ1) is 20.7. The Labute approximate surface area is 192 Å². The zero-order valence-corrected chi connectivity index (χ0v) is 19.1. The van der Waals surface area contributed by atoms with Gasteiger partial charge in [0.05, 0.1) is 24.1 Å². The van der Waals surface area contributed by atoms with Crippen LogP contribution in [0.3, 0.4) is 0 Å². The third kappa shape index (κ3) is 3.89. The first-order chi connectivity index (χ1) is 15.5. The summed E-state index contributed by atoms with van der Waals surface area (Å²) in [5, 5.41) is 0.560. The van der Waals surface area contributed by atoms with Crippen LogP contribution in [0.5, 0.6) is 0 Å². The van der Waals surface area contributed by atoms with Crippen molar-refractivity contribution < 1.29 is 8.42 Å². The molecule has 7 heteroatoms. The molecule has 32 heavy (non-hydrogen) atoms. The molecular formula is C25H21N3O2S2. The monoisotopic (exact) mass is 459 g/mol. The van der Waals surface area contributed by atoms with Gasteiger partial charge in [0, 0.05) is 11.3 Å². The molecule has 0 bridgehead atoms. The third-order valence-electron chi connectivity index (χ3n) is 5.39. The van der Waals surface area contributed by atoms with E-state index >= 15 is 0 Å². The van der Waals surface area contributed by atoms with Gasteiger partial charge in [-0.05, 0) is 24.1 Å². The maximum atomic E-state index is 13.6. The van der Waals surface area contributed by atoms with Crippen LogP contribution in [0, 0.1) is 6.92 Å². The van der Waals surface area contributed by atoms with Gasteiger partial charge in [-0.25, -0.2) is 18.4 Å². The van der Waals surface area contributed by atoms with Gasteiger partial charge in [0.15, 0.2) is 5.16 Å². The highest BCUT2D eigenvalue weighted by molar-refractivity contribution is 7.98. The molecule has 0 fully saturated rings. The molecule has 5 rings (SSSR count). The van der Waals surface area contributed by atoms with Gasteiger partial charge in [-0.1, -0.05) is 90.1 Å². The van der Waals surface area contributed by atoms with Gasteiger partial charge in [0.1, 0.15) is 4.90 Å². The summed E-state index contributed by atoms with van der Waals surface area (Å²) in [6.07, 6.45) is 1.45. The van der Waals surface area contributed by atoms with E-state index in [1.165, 1.54) is 22.3 Å². The molecule has 0 saturated heterocycles. The summed E-state index contributed by atoms with van der Waals surface area (Å²) >= 11 is 1.50. The predicted molar refractivity (Wildman–Crippen MR) is 128 cm³/mol. The average molecular weight is 460 g/mol. The highest BCUT2D eigenvalue weighted by atomic mass is 32.2. The zero-order valence-electron chi connectivity index (χ0n) is 17.5. The predicted octanol–water partition coefficient (Wildman–Crippen LogP) is 5.45. The number of rotatable bonds is 5. The second-order valence-corrected chi connectivity index (χ2v) is 10.4. The van der Waals surface area contributed by atoms with Gasteiger partial charge in [0.2, 0.25) is 0 Å². The molecule has 5 nitrogen and oxygen atoms in total. The lowest BCUT2D eigenvalue weighted by atomic mass is 10.1. The Morgan fingerprint density at radius 2 is 1.59 bits per heavy atom. The summed E-state index contributed by atoms with van der Waals surface area (Å²) < 4.78 is 28.6. The number of benzene rings is 3. The molecule has 160 valence electrons. The Hall–Kier alpha value is -3.16. The lowest BCUT2D eigenvalue weighted by Gasteiger charge is -2.31. The molecular weight excluding hydrogens is 438 g/mol. The van der Waals surface area contributed by atoms with Crippen LogP contribution in [0.15, 0.2) is 95.1 Å². The summed E-state index contributed by atoms with van der Waals surface area (Å²) in [5.74, 6) is 0.716. The number of sulfonamides is 1. The van der Waals surface area contributed by atoms with Crippen molar-refractivity contribution in [1.82, 2.24) is 9.97 Å². The molecule has 1 aliphatic heterocycles. The van der Waals surface area contributed by atoms with Gasteiger partial charge in [-0.3, -0.25) is 4.31 Å². The van der Waals surface area contributed by atoms with Crippen LogP contribution in [0.1, 0.15) is 16.7 Å². The molecule has 0 aliphatic carbocycles. The number of hydrogen-bond donors (Lipinski definition) is 0. The van der Waals surface area contributed by atoms with Crippen molar-refractivity contribution in [2.75, 3.05) is 4.31 Å². The minimum Gasteiger partial charge on any atom is -0.261 e. The van der Waals surface area contributed by atoms with E-state index in [1.807, 2.05) is 85.8 Å². The van der Waals surface area contributed by atoms with Gasteiger partial charge in [-0.2, -0.15) is 0 Å². The Morgan fingerprint density at radius 3 is 2.38 bits per heavy atom. The van der Waals surface area contributed by atoms with Gasteiger partial charge < -0.3 is 0 Å². The first-order valence-electron chi connectivity index (χ1n) is 10.2. The number of thioether (sulfide) groups is 1. The topological polar surface area (TPSA) is 63.2 Å². The van der Waals surface area contributed by atoms with E-state index in [4.69, 9.17) is 0 Å². The number of hydrogen-bond acceptors (Lipinski definition) is 5. The van der Waals surface area contributed by atoms with E-state index in [2.05, 4.69) is 9.97 Å². The number of para-hydroxylation sites is 1. The molecule has 1 aliphatic rings. The highest BCUT2D eigenvalue weighted by Crippen LogP contribution is 2.42. The number of fused-ring (bicyclic) bond motifs is 3. The summed E-state index contributed by atoms with van der Waals surface area (Å²) in [5.41, 5.74) is 5.12. The summed E-state index contributed by atoms with van der Waals surface area (Å²) in [6, 6.07) is 25.5. The molecule has 0 N–H and O–H groups in total. The fraction of sp³-hybridized carbons (Fsp3) is 0.120. The lowest BCUT2D eigenvalue weighted by Crippen LogP contribution is -2.34. The van der Waals surface area contributed by atoms with Crippen molar-refractivity contribution >= 4 is 27.5 Å². The van der Waals surface area contributed by atoms with Crippen LogP contribution in [-0.4, -0.2) is 18.4 Å². The van der Waals surface area contributed by atoms with Crippen LogP contribution < -0.4 is 4.31 Å². The van der Waals surface area contributed by atoms with E-state index in [1.54, 1.807) is 0 Å². The molecule has 0 saturated carbocycles. The van der Waals surface area contributed by atoms with Crippen LogP contribution in [0.4, 0.5) is 5.69 Å². The Bertz CT molecular complexity index is 1370. The van der Waals surface area contributed by atoms with Crippen molar-refractivity contribution in [2.45, 2.75) is 29.3 Å². The fourth-order valence-electron chi connectivity index (χ4n) is 3.70. The molecule has 3 aromatic carbocycles. The SMILES string of the molecule is Cc1ccc(CN2c3ccccc3-c3nc(SCc4ccccc4)ncc3S2(=O)=O)cc1. The standard InChI is InChI=1S/C25H21N3O2S2/c1-18-11-13-19(14-12-18)16-28-22-10-6-5-9-21(22)24-23(32(28,29)30)15-26-25(27-24)31-17-20-7-3-2-4-8-20/h2-15H,16-17H2,1H3. The molecule has 0 radical (unpaired) electrons. The van der Waals surface area contributed by atoms with E-state index in [-0.39, 0.29) is 11.4 Å². The molecule has 2 heterocycles. The van der Waals surface area contributed by atoms with Gasteiger partial charge in [-0.15, -0.1) is 0 Å². The van der Waals surface area contributed by atoms with Crippen LogP contribution in [-0.2, 0) is 22.3 Å². The van der Waals surface area contributed by atoms with Gasteiger partial charge in [0.25, 0.3) is 10.0 Å². The third-order valence-corrected chi connectivity index (χ3v) is 8.08. The van der Waals surface area contributed by atoms with E-state index in [9.17, 15) is 8.42 Å². The minimum atomic E-state index is -3.79. The number of nitrogens with zero attached hydrogens (tertiary/aromatic N) is 3. The fourth-order valence-corrected chi connectivity index (χ4v) is 6.03. The number of anilines is 1. The smallest absolute Gasteiger partial charge is 0.261 e. The number of aryl methyl sites for hydroxylation is 1. The average Bonchev–Trinajstić information content (AvgIpc) is 2.82. The van der Waals surface area contributed by atoms with E-state index in [0.717, 1.165) is 22.3 Å². The number of aromatic nitrogens is 2. The maximum Gasteiger partial charge on any atom is 0.268 e.